The van der Waals surface area contributed by atoms with Crippen molar-refractivity contribution in [2.45, 2.75) is 5.41 Å². The average Bonchev–Trinajstić information content (AvgIpc) is 3.75. The van der Waals surface area contributed by atoms with Gasteiger partial charge in [-0.1, -0.05) is 164 Å². The molecule has 0 N–H and O–H groups in total. The molecule has 2 nitrogen and oxygen atoms in total. The number of ether oxygens (including phenoxy) is 2. The summed E-state index contributed by atoms with van der Waals surface area (Å²) in [4.78, 5) is 0. The summed E-state index contributed by atoms with van der Waals surface area (Å²) in [7, 11) is 0. The van der Waals surface area contributed by atoms with E-state index in [9.17, 15) is 0 Å². The Hall–Kier alpha value is -7.36. The fraction of sp³-hybridized carbons (Fsp3) is 0.0182. The van der Waals surface area contributed by atoms with Crippen molar-refractivity contribution >= 4 is 23.1 Å². The highest BCUT2D eigenvalue weighted by Crippen LogP contribution is 2.63. The van der Waals surface area contributed by atoms with Crippen LogP contribution in [-0.4, -0.2) is 6.71 Å². The van der Waals surface area contributed by atoms with Crippen LogP contribution in [0.25, 0.3) is 55.6 Å². The lowest BCUT2D eigenvalue weighted by atomic mass is 9.35. The molecular formula is C55H33BO2. The van der Waals surface area contributed by atoms with E-state index < -0.39 is 5.41 Å². The summed E-state index contributed by atoms with van der Waals surface area (Å²) in [5, 5.41) is 0. The Morgan fingerprint density at radius 3 is 1.34 bits per heavy atom. The Balaban J connectivity index is 1.02. The molecular weight excluding hydrogens is 703 g/mol. The first kappa shape index (κ1) is 31.8. The minimum atomic E-state index is -0.471. The molecule has 9 aromatic carbocycles. The highest BCUT2D eigenvalue weighted by molar-refractivity contribution is 6.98. The zero-order chi connectivity index (χ0) is 38.0. The number of hydrogen-bond acceptors (Lipinski definition) is 2. The van der Waals surface area contributed by atoms with Gasteiger partial charge in [0.05, 0.1) is 5.41 Å². The highest BCUT2D eigenvalue weighted by Gasteiger charge is 2.52. The van der Waals surface area contributed by atoms with E-state index in [0.29, 0.717) is 0 Å². The Kier molecular flexibility index (Phi) is 6.49. The molecule has 0 atom stereocenters. The maximum atomic E-state index is 6.73. The van der Waals surface area contributed by atoms with Crippen molar-refractivity contribution in [1.82, 2.24) is 0 Å². The Morgan fingerprint density at radius 2 is 0.741 bits per heavy atom. The van der Waals surface area contributed by atoms with Gasteiger partial charge in [-0.15, -0.1) is 0 Å². The second kappa shape index (κ2) is 11.8. The molecule has 58 heavy (non-hydrogen) atoms. The van der Waals surface area contributed by atoms with Crippen LogP contribution < -0.4 is 25.9 Å². The van der Waals surface area contributed by atoms with Crippen molar-refractivity contribution in [2.24, 2.45) is 0 Å². The predicted molar refractivity (Wildman–Crippen MR) is 237 cm³/mol. The number of para-hydroxylation sites is 2. The fourth-order valence-electron chi connectivity index (χ4n) is 10.7. The third-order valence-corrected chi connectivity index (χ3v) is 13.0. The largest absolute Gasteiger partial charge is 0.458 e. The summed E-state index contributed by atoms with van der Waals surface area (Å²) < 4.78 is 13.5. The summed E-state index contributed by atoms with van der Waals surface area (Å²) in [5.41, 5.74) is 20.4. The first-order valence-corrected chi connectivity index (χ1v) is 20.1. The van der Waals surface area contributed by atoms with Crippen LogP contribution in [0.1, 0.15) is 22.3 Å². The van der Waals surface area contributed by atoms with Crippen molar-refractivity contribution in [3.8, 4) is 78.6 Å². The van der Waals surface area contributed by atoms with Gasteiger partial charge in [0.2, 0.25) is 0 Å². The second-order valence-electron chi connectivity index (χ2n) is 15.9. The van der Waals surface area contributed by atoms with Gasteiger partial charge < -0.3 is 9.47 Å². The van der Waals surface area contributed by atoms with Gasteiger partial charge in [0.15, 0.2) is 0 Å². The van der Waals surface area contributed by atoms with Gasteiger partial charge in [0.25, 0.3) is 6.71 Å². The van der Waals surface area contributed by atoms with Crippen LogP contribution in [0.15, 0.2) is 200 Å². The van der Waals surface area contributed by atoms with E-state index >= 15 is 0 Å². The second-order valence-corrected chi connectivity index (χ2v) is 15.9. The highest BCUT2D eigenvalue weighted by atomic mass is 16.5. The SMILES string of the molecule is c1ccc(-c2ccc3c(c2)C2(c4ccccc4-c4ccccc42)c2cc(-c4ccccc4-c4cc5c6c(c4)Oc4ccccc4B6c4ccccc4O5)ccc2-3)cc1. The van der Waals surface area contributed by atoms with Gasteiger partial charge >= 0.3 is 0 Å². The maximum absolute atomic E-state index is 6.73. The molecule has 268 valence electrons. The predicted octanol–water partition coefficient (Wildman–Crippen LogP) is 11.8. The number of benzene rings is 9. The van der Waals surface area contributed by atoms with Gasteiger partial charge in [-0.2, -0.15) is 0 Å². The molecule has 1 spiro atoms. The van der Waals surface area contributed by atoms with Gasteiger partial charge in [-0.05, 0) is 125 Å². The molecule has 2 heterocycles. The van der Waals surface area contributed by atoms with E-state index in [0.717, 1.165) is 45.2 Å². The van der Waals surface area contributed by atoms with E-state index in [4.69, 9.17) is 9.47 Å². The van der Waals surface area contributed by atoms with Gasteiger partial charge in [0, 0.05) is 5.46 Å². The van der Waals surface area contributed by atoms with Crippen LogP contribution in [0, 0.1) is 0 Å². The minimum Gasteiger partial charge on any atom is -0.458 e. The number of fused-ring (bicyclic) bond motifs is 14. The molecule has 4 aliphatic rings. The van der Waals surface area contributed by atoms with Crippen LogP contribution >= 0.6 is 0 Å². The van der Waals surface area contributed by atoms with Gasteiger partial charge in [0.1, 0.15) is 23.0 Å². The topological polar surface area (TPSA) is 18.5 Å². The van der Waals surface area contributed by atoms with Crippen LogP contribution in [0.4, 0.5) is 0 Å². The van der Waals surface area contributed by atoms with Gasteiger partial charge in [-0.25, -0.2) is 0 Å². The van der Waals surface area contributed by atoms with E-state index in [1.807, 2.05) is 0 Å². The summed E-state index contributed by atoms with van der Waals surface area (Å²) in [6.45, 7) is 0.0401. The molecule has 0 bridgehead atoms. The van der Waals surface area contributed by atoms with Crippen molar-refractivity contribution in [1.29, 1.82) is 0 Å². The monoisotopic (exact) mass is 736 g/mol. The van der Waals surface area contributed by atoms with Crippen LogP contribution in [-0.2, 0) is 5.41 Å². The third kappa shape index (κ3) is 4.23. The first-order chi connectivity index (χ1) is 28.8. The molecule has 0 unspecified atom stereocenters. The van der Waals surface area contributed by atoms with Crippen molar-refractivity contribution in [2.75, 3.05) is 0 Å². The molecule has 0 saturated heterocycles. The van der Waals surface area contributed by atoms with E-state index in [1.165, 1.54) is 72.1 Å². The normalized spacial score (nSPS) is 13.9. The number of rotatable bonds is 3. The lowest BCUT2D eigenvalue weighted by molar-refractivity contribution is 0.465. The molecule has 3 heteroatoms. The molecule has 9 aromatic rings. The maximum Gasteiger partial charge on any atom is 0.260 e. The summed E-state index contributed by atoms with van der Waals surface area (Å²) >= 11 is 0. The van der Waals surface area contributed by atoms with E-state index in [-0.39, 0.29) is 6.71 Å². The van der Waals surface area contributed by atoms with E-state index in [2.05, 4.69) is 200 Å². The molecule has 0 amide bonds. The minimum absolute atomic E-state index is 0.0401. The van der Waals surface area contributed by atoms with Gasteiger partial charge in [-0.3, -0.25) is 0 Å². The summed E-state index contributed by atoms with van der Waals surface area (Å²) in [6, 6.07) is 73.2. The summed E-state index contributed by atoms with van der Waals surface area (Å²) in [5.74, 6) is 3.47. The van der Waals surface area contributed by atoms with E-state index in [1.54, 1.807) is 0 Å². The average molecular weight is 737 g/mol. The van der Waals surface area contributed by atoms with Crippen LogP contribution in [0.5, 0.6) is 23.0 Å². The zero-order valence-electron chi connectivity index (χ0n) is 31.4. The Morgan fingerprint density at radius 1 is 0.293 bits per heavy atom. The smallest absolute Gasteiger partial charge is 0.260 e. The molecule has 13 rings (SSSR count). The first-order valence-electron chi connectivity index (χ1n) is 20.1. The fourth-order valence-corrected chi connectivity index (χ4v) is 10.7. The molecule has 0 aromatic heterocycles. The quantitative estimate of drug-likeness (QED) is 0.168. The van der Waals surface area contributed by atoms with Crippen molar-refractivity contribution in [3.63, 3.8) is 0 Å². The Labute approximate surface area is 337 Å². The lowest BCUT2D eigenvalue weighted by Crippen LogP contribution is -2.57. The van der Waals surface area contributed by atoms with Crippen molar-refractivity contribution < 1.29 is 9.47 Å². The van der Waals surface area contributed by atoms with Crippen LogP contribution in [0.2, 0.25) is 0 Å². The lowest BCUT2D eigenvalue weighted by Gasteiger charge is -2.33. The third-order valence-electron chi connectivity index (χ3n) is 13.0. The van der Waals surface area contributed by atoms with Crippen LogP contribution in [0.3, 0.4) is 0 Å². The molecule has 0 radical (unpaired) electrons. The number of hydrogen-bond donors (Lipinski definition) is 0. The molecule has 0 saturated carbocycles. The molecule has 2 aliphatic heterocycles. The summed E-state index contributed by atoms with van der Waals surface area (Å²) in [6.07, 6.45) is 0. The molecule has 0 fully saturated rings. The van der Waals surface area contributed by atoms with Crippen molar-refractivity contribution in [3.05, 3.63) is 222 Å². The molecule has 2 aliphatic carbocycles. The Bertz CT molecular complexity index is 3080. The zero-order valence-corrected chi connectivity index (χ0v) is 31.4. The standard InChI is InChI=1S/C55H33BO2/c1-2-14-34(15-3-1)35-26-28-42-43-29-27-36(31-47(43)55(46(42)30-35)44-20-8-6-18-40(44)41-19-7-9-21-45(41)55)38-16-4-5-17-39(38)37-32-52-54-53(33-37)58-51-25-13-11-23-49(51)56(54)48-22-10-12-24-50(48)57-52/h1-33H.